The maximum atomic E-state index is 9.56. The summed E-state index contributed by atoms with van der Waals surface area (Å²) in [6.07, 6.45) is 0. The Morgan fingerprint density at radius 2 is 1.30 bits per heavy atom. The lowest BCUT2D eigenvalue weighted by molar-refractivity contribution is 0.589. The lowest BCUT2D eigenvalue weighted by Gasteiger charge is -2.25. The monoisotopic (exact) mass is 829 g/mol. The second-order valence-corrected chi connectivity index (χ2v) is 18.8. The van der Waals surface area contributed by atoms with Crippen LogP contribution >= 0.6 is 0 Å². The van der Waals surface area contributed by atoms with Gasteiger partial charge < -0.3 is 8.83 Å². The third-order valence-corrected chi connectivity index (χ3v) is 12.8. The number of furan rings is 2. The molecule has 5 heteroatoms. The van der Waals surface area contributed by atoms with Crippen molar-refractivity contribution < 1.29 is 17.1 Å². The number of fused-ring (bicyclic) bond motifs is 7. The molecule has 0 amide bonds. The fourth-order valence-electron chi connectivity index (χ4n) is 9.59. The summed E-state index contributed by atoms with van der Waals surface area (Å²) in [5.41, 5.74) is 15.1. The van der Waals surface area contributed by atoms with Crippen LogP contribution in [0.15, 0.2) is 118 Å². The number of aromatic nitrogens is 2. The van der Waals surface area contributed by atoms with Crippen molar-refractivity contribution in [2.75, 3.05) is 0 Å². The third-order valence-electron chi connectivity index (χ3n) is 12.8. The molecule has 0 aliphatic carbocycles. The normalized spacial score (nSPS) is 14.1. The van der Waals surface area contributed by atoms with Gasteiger partial charge in [-0.25, -0.2) is 4.98 Å². The van der Waals surface area contributed by atoms with E-state index in [1.54, 1.807) is 42.5 Å². The summed E-state index contributed by atoms with van der Waals surface area (Å²) in [4.78, 5) is 5.27. The summed E-state index contributed by atoms with van der Waals surface area (Å²) in [5, 5.41) is 12.0. The van der Waals surface area contributed by atoms with Gasteiger partial charge in [-0.1, -0.05) is 103 Å². The highest BCUT2D eigenvalue weighted by atomic mass is 16.3. The second kappa shape index (κ2) is 14.6. The highest BCUT2D eigenvalue weighted by molar-refractivity contribution is 6.17. The van der Waals surface area contributed by atoms with E-state index in [4.69, 9.17) is 22.0 Å². The maximum absolute atomic E-state index is 9.56. The molecule has 0 radical (unpaired) electrons. The van der Waals surface area contributed by atoms with Crippen molar-refractivity contribution >= 4 is 54.9 Å². The van der Waals surface area contributed by atoms with Crippen LogP contribution in [-0.2, 0) is 5.41 Å². The minimum atomic E-state index is -2.52. The van der Waals surface area contributed by atoms with Crippen molar-refractivity contribution in [2.45, 2.75) is 93.3 Å². The van der Waals surface area contributed by atoms with Crippen LogP contribution in [0.1, 0.15) is 113 Å². The Balaban J connectivity index is 1.23. The Labute approximate surface area is 378 Å². The van der Waals surface area contributed by atoms with E-state index in [-0.39, 0.29) is 28.4 Å². The number of benzene rings is 7. The molecule has 0 N–H and O–H groups in total. The molecule has 0 saturated heterocycles. The van der Waals surface area contributed by atoms with Crippen molar-refractivity contribution in [3.63, 3.8) is 0 Å². The first-order valence-electron chi connectivity index (χ1n) is 24.7. The predicted molar refractivity (Wildman–Crippen MR) is 262 cm³/mol. The van der Waals surface area contributed by atoms with Crippen LogP contribution in [0.2, 0.25) is 0 Å². The lowest BCUT2D eigenvalue weighted by atomic mass is 9.82. The molecule has 10 aromatic rings. The molecule has 312 valence electrons. The molecule has 0 spiro atoms. The number of nitrogens with zero attached hydrogens (tertiary/aromatic N) is 3. The number of para-hydroxylation sites is 1. The van der Waals surface area contributed by atoms with E-state index in [0.717, 1.165) is 44.3 Å². The zero-order valence-electron chi connectivity index (χ0n) is 43.2. The number of aryl methyl sites for hydroxylation is 4. The van der Waals surface area contributed by atoms with Crippen molar-refractivity contribution in [1.82, 2.24) is 9.55 Å². The molecule has 10 rings (SSSR count). The number of imidazole rings is 1. The van der Waals surface area contributed by atoms with Crippen molar-refractivity contribution in [3.05, 3.63) is 154 Å². The van der Waals surface area contributed by atoms with Crippen LogP contribution in [-0.4, -0.2) is 9.55 Å². The van der Waals surface area contributed by atoms with Gasteiger partial charge in [-0.15, -0.1) is 0 Å². The number of hydrogen-bond acceptors (Lipinski definition) is 4. The van der Waals surface area contributed by atoms with Gasteiger partial charge in [-0.2, -0.15) is 5.26 Å². The van der Waals surface area contributed by atoms with Gasteiger partial charge in [0.05, 0.1) is 33.9 Å². The molecule has 0 unspecified atom stereocenters. The van der Waals surface area contributed by atoms with E-state index in [9.17, 15) is 5.26 Å². The van der Waals surface area contributed by atoms with E-state index in [1.807, 2.05) is 22.8 Å². The SMILES string of the molecule is [2H]C([2H])([2H])c1ccc(-c2nc3cccc(C([2H])([2H])[2H])c3n2-c2c(C(C)C)cc(-c3ccc(-c4c(C)cc(C(C)(C)C)cc4C)cc3)cc2C(C)C)c2oc3cc4c(cc3c12)oc1cc(C#N)ccc14. The topological polar surface area (TPSA) is 67.9 Å². The predicted octanol–water partition coefficient (Wildman–Crippen LogP) is 16.5. The van der Waals surface area contributed by atoms with E-state index >= 15 is 0 Å². The van der Waals surface area contributed by atoms with Crippen molar-refractivity contribution in [2.24, 2.45) is 0 Å². The van der Waals surface area contributed by atoms with Gasteiger partial charge in [0.15, 0.2) is 0 Å². The molecular formula is C58H53N3O2. The van der Waals surface area contributed by atoms with E-state index in [2.05, 4.69) is 117 Å². The van der Waals surface area contributed by atoms with Gasteiger partial charge in [0.1, 0.15) is 28.2 Å². The van der Waals surface area contributed by atoms with Gasteiger partial charge >= 0.3 is 0 Å². The average Bonchev–Trinajstić information content (AvgIpc) is 3.97. The van der Waals surface area contributed by atoms with Crippen LogP contribution in [0.3, 0.4) is 0 Å². The van der Waals surface area contributed by atoms with Gasteiger partial charge in [0.2, 0.25) is 0 Å². The Hall–Kier alpha value is -6.90. The third kappa shape index (κ3) is 6.46. The number of hydrogen-bond donors (Lipinski definition) is 0. The van der Waals surface area contributed by atoms with Gasteiger partial charge in [0.25, 0.3) is 0 Å². The minimum Gasteiger partial charge on any atom is -0.456 e. The van der Waals surface area contributed by atoms with Gasteiger partial charge in [-0.3, -0.25) is 4.57 Å². The Morgan fingerprint density at radius 3 is 1.95 bits per heavy atom. The minimum absolute atomic E-state index is 0.0211. The molecule has 0 bridgehead atoms. The summed E-state index contributed by atoms with van der Waals surface area (Å²) in [6, 6.07) is 37.5. The van der Waals surface area contributed by atoms with Crippen LogP contribution in [0.25, 0.3) is 94.2 Å². The van der Waals surface area contributed by atoms with Gasteiger partial charge in [-0.05, 0) is 161 Å². The average molecular weight is 830 g/mol. The smallest absolute Gasteiger partial charge is 0.149 e. The quantitative estimate of drug-likeness (QED) is 0.167. The number of nitriles is 1. The molecule has 3 heterocycles. The Bertz CT molecular complexity index is 3720. The molecule has 0 atom stereocenters. The second-order valence-electron chi connectivity index (χ2n) is 18.8. The first-order chi connectivity index (χ1) is 32.5. The number of rotatable bonds is 6. The van der Waals surface area contributed by atoms with Crippen LogP contribution in [0, 0.1) is 38.9 Å². The zero-order chi connectivity index (χ0) is 49.2. The van der Waals surface area contributed by atoms with Crippen LogP contribution in [0.5, 0.6) is 0 Å². The Kier molecular flexibility index (Phi) is 7.81. The first kappa shape index (κ1) is 33.7. The van der Waals surface area contributed by atoms with Crippen LogP contribution in [0.4, 0.5) is 0 Å². The summed E-state index contributed by atoms with van der Waals surface area (Å²) < 4.78 is 67.7. The highest BCUT2D eigenvalue weighted by Crippen LogP contribution is 2.45. The standard InChI is InChI=1S/C58H53N3O2/c1-31(2)44-26-40(38-17-19-39(20-18-38)52-35(7)23-41(24-36(52)8)58(9,10)11)27-45(32(3)4)55(44)61-54-34(6)13-12-14-48(54)60-57(61)43-21-15-33(5)53-47-29-50-46(28-51(47)63-56(43)53)42-22-16-37(30-59)25-49(42)62-50/h12-29,31-32H,1-11H3/i5D3,6D3. The van der Waals surface area contributed by atoms with E-state index in [1.165, 1.54) is 22.3 Å². The van der Waals surface area contributed by atoms with Crippen molar-refractivity contribution in [1.29, 1.82) is 5.26 Å². The summed E-state index contributed by atoms with van der Waals surface area (Å²) in [5.74, 6) is 0.379. The molecular weight excluding hydrogens is 771 g/mol. The molecule has 7 aromatic carbocycles. The Morgan fingerprint density at radius 1 is 0.651 bits per heavy atom. The largest absolute Gasteiger partial charge is 0.456 e. The summed E-state index contributed by atoms with van der Waals surface area (Å²) in [7, 11) is 0. The summed E-state index contributed by atoms with van der Waals surface area (Å²) >= 11 is 0. The van der Waals surface area contributed by atoms with E-state index < -0.39 is 13.7 Å². The van der Waals surface area contributed by atoms with Crippen molar-refractivity contribution in [3.8, 4) is 45.4 Å². The molecule has 0 aliphatic heterocycles. The molecule has 0 aliphatic rings. The van der Waals surface area contributed by atoms with Gasteiger partial charge in [0, 0.05) is 29.8 Å². The molecule has 3 aromatic heterocycles. The molecule has 0 saturated carbocycles. The van der Waals surface area contributed by atoms with E-state index in [0.29, 0.717) is 61.1 Å². The zero-order valence-corrected chi connectivity index (χ0v) is 37.2. The first-order valence-corrected chi connectivity index (χ1v) is 21.7. The molecule has 5 nitrogen and oxygen atoms in total. The maximum Gasteiger partial charge on any atom is 0.149 e. The van der Waals surface area contributed by atoms with Crippen LogP contribution < -0.4 is 0 Å². The summed E-state index contributed by atoms with van der Waals surface area (Å²) in [6.45, 7) is 14.7. The lowest BCUT2D eigenvalue weighted by Crippen LogP contribution is -2.12. The fraction of sp³-hybridized carbons (Fsp3) is 0.241. The molecule has 63 heavy (non-hydrogen) atoms. The molecule has 0 fully saturated rings. The highest BCUT2D eigenvalue weighted by Gasteiger charge is 2.27. The fourth-order valence-corrected chi connectivity index (χ4v) is 9.59.